The number of aromatic nitrogens is 2. The molecule has 0 spiro atoms. The highest BCUT2D eigenvalue weighted by Gasteiger charge is 2.08. The molecular weight excluding hydrogens is 310 g/mol. The lowest BCUT2D eigenvalue weighted by molar-refractivity contribution is 0.399. The van der Waals surface area contributed by atoms with E-state index in [1.165, 1.54) is 6.26 Å². The topological polar surface area (TPSA) is 75.9 Å². The van der Waals surface area contributed by atoms with Crippen LogP contribution in [0.2, 0.25) is 0 Å². The maximum Gasteiger partial charge on any atom is 0.215 e. The van der Waals surface area contributed by atoms with Crippen LogP contribution in [0, 0.1) is 4.78 Å². The van der Waals surface area contributed by atoms with Crippen LogP contribution in [0.25, 0.3) is 22.2 Å². The molecule has 2 heterocycles. The van der Waals surface area contributed by atoms with E-state index in [0.29, 0.717) is 11.5 Å². The number of pyridine rings is 2. The molecule has 0 saturated carbocycles. The zero-order valence-electron chi connectivity index (χ0n) is 12.9. The van der Waals surface area contributed by atoms with Crippen molar-refractivity contribution in [3.05, 3.63) is 54.2 Å². The minimum atomic E-state index is -2.53. The van der Waals surface area contributed by atoms with Crippen LogP contribution in [-0.4, -0.2) is 27.5 Å². The Morgan fingerprint density at radius 3 is 2.52 bits per heavy atom. The first-order valence-electron chi connectivity index (χ1n) is 7.07. The molecule has 0 amide bonds. The summed E-state index contributed by atoms with van der Waals surface area (Å²) in [4.78, 5) is 8.64. The fourth-order valence-corrected chi connectivity index (χ4v) is 3.30. The molecule has 3 rings (SSSR count). The van der Waals surface area contributed by atoms with Crippen LogP contribution < -0.4 is 4.74 Å². The van der Waals surface area contributed by atoms with Crippen molar-refractivity contribution in [1.82, 2.24) is 9.97 Å². The van der Waals surface area contributed by atoms with Crippen molar-refractivity contribution in [3.8, 4) is 17.0 Å². The number of nitrogens with one attached hydrogen (secondary N) is 1. The molecule has 1 aromatic carbocycles. The van der Waals surface area contributed by atoms with E-state index in [9.17, 15) is 4.21 Å². The van der Waals surface area contributed by atoms with Crippen LogP contribution in [0.4, 0.5) is 0 Å². The molecule has 1 atom stereocenters. The van der Waals surface area contributed by atoms with Gasteiger partial charge in [0.1, 0.15) is 0 Å². The second-order valence-corrected chi connectivity index (χ2v) is 7.73. The van der Waals surface area contributed by atoms with Gasteiger partial charge in [0.2, 0.25) is 5.88 Å². The van der Waals surface area contributed by atoms with E-state index >= 15 is 0 Å². The van der Waals surface area contributed by atoms with E-state index in [-0.39, 0.29) is 5.75 Å². The lowest BCUT2D eigenvalue weighted by Gasteiger charge is -2.08. The van der Waals surface area contributed by atoms with Gasteiger partial charge in [0.25, 0.3) is 0 Å². The lowest BCUT2D eigenvalue weighted by atomic mass is 10.0. The molecule has 0 fully saturated rings. The highest BCUT2D eigenvalue weighted by Crippen LogP contribution is 2.28. The molecule has 118 valence electrons. The Morgan fingerprint density at radius 2 is 1.87 bits per heavy atom. The van der Waals surface area contributed by atoms with E-state index in [0.717, 1.165) is 22.1 Å². The van der Waals surface area contributed by atoms with Gasteiger partial charge in [-0.15, -0.1) is 0 Å². The van der Waals surface area contributed by atoms with Crippen molar-refractivity contribution < 1.29 is 8.95 Å². The van der Waals surface area contributed by atoms with Gasteiger partial charge in [-0.25, -0.2) is 9.19 Å². The largest absolute Gasteiger partial charge is 0.481 e. The smallest absolute Gasteiger partial charge is 0.215 e. The number of ether oxygens (including phenoxy) is 1. The molecule has 0 saturated heterocycles. The zero-order chi connectivity index (χ0) is 16.4. The first-order chi connectivity index (χ1) is 11.0. The third kappa shape index (κ3) is 3.48. The number of benzene rings is 1. The van der Waals surface area contributed by atoms with Crippen LogP contribution in [-0.2, 0) is 15.5 Å². The van der Waals surface area contributed by atoms with E-state index in [2.05, 4.69) is 9.97 Å². The van der Waals surface area contributed by atoms with Crippen molar-refractivity contribution in [2.45, 2.75) is 5.75 Å². The highest BCUT2D eigenvalue weighted by molar-refractivity contribution is 7.90. The number of fused-ring (bicyclic) bond motifs is 1. The molecular formula is C17H17N3O2S. The van der Waals surface area contributed by atoms with Crippen molar-refractivity contribution in [2.75, 3.05) is 13.4 Å². The normalized spacial score (nSPS) is 13.7. The molecule has 5 nitrogen and oxygen atoms in total. The predicted octanol–water partition coefficient (Wildman–Crippen LogP) is 3.48. The summed E-state index contributed by atoms with van der Waals surface area (Å²) < 4.78 is 24.3. The van der Waals surface area contributed by atoms with Gasteiger partial charge in [0, 0.05) is 33.6 Å². The van der Waals surface area contributed by atoms with Gasteiger partial charge in [-0.3, -0.25) is 4.78 Å². The summed E-state index contributed by atoms with van der Waals surface area (Å²) in [7, 11) is -0.953. The van der Waals surface area contributed by atoms with Gasteiger partial charge in [-0.2, -0.15) is 4.98 Å². The minimum absolute atomic E-state index is 0.267. The average Bonchev–Trinajstić information content (AvgIpc) is 2.53. The second-order valence-electron chi connectivity index (χ2n) is 5.43. The first kappa shape index (κ1) is 15.4. The van der Waals surface area contributed by atoms with Gasteiger partial charge >= 0.3 is 0 Å². The number of hydrogen-bond donors (Lipinski definition) is 1. The van der Waals surface area contributed by atoms with E-state index < -0.39 is 9.73 Å². The number of methoxy groups -OCH3 is 1. The molecule has 1 unspecified atom stereocenters. The second kappa shape index (κ2) is 5.96. The number of hydrogen-bond acceptors (Lipinski definition) is 5. The van der Waals surface area contributed by atoms with Crippen LogP contribution in [0.5, 0.6) is 5.88 Å². The highest BCUT2D eigenvalue weighted by atomic mass is 32.2. The number of nitrogens with zero attached hydrogens (tertiary/aromatic N) is 2. The maximum absolute atomic E-state index is 11.6. The Labute approximate surface area is 135 Å². The molecule has 0 aliphatic rings. The molecule has 23 heavy (non-hydrogen) atoms. The van der Waals surface area contributed by atoms with Gasteiger partial charge in [-0.1, -0.05) is 24.3 Å². The molecule has 3 aromatic rings. The molecule has 0 bridgehead atoms. The molecule has 0 aliphatic heterocycles. The SMILES string of the molecule is COc1ccc2c(-c3ccc(CS(C)(=N)=O)cc3)ccnc2n1. The van der Waals surface area contributed by atoms with E-state index in [1.54, 1.807) is 13.3 Å². The predicted molar refractivity (Wildman–Crippen MR) is 92.0 cm³/mol. The van der Waals surface area contributed by atoms with Crippen molar-refractivity contribution in [1.29, 1.82) is 4.78 Å². The van der Waals surface area contributed by atoms with Crippen molar-refractivity contribution >= 4 is 20.8 Å². The Hall–Kier alpha value is -2.47. The van der Waals surface area contributed by atoms with E-state index in [4.69, 9.17) is 9.52 Å². The summed E-state index contributed by atoms with van der Waals surface area (Å²) in [5.41, 5.74) is 3.59. The maximum atomic E-state index is 11.6. The van der Waals surface area contributed by atoms with Gasteiger partial charge in [-0.05, 0) is 28.8 Å². The number of rotatable bonds is 4. The van der Waals surface area contributed by atoms with Gasteiger partial charge < -0.3 is 4.74 Å². The Bertz CT molecular complexity index is 951. The Balaban J connectivity index is 2.03. The standard InChI is InChI=1S/C17H17N3O2S/c1-22-16-8-7-15-14(9-10-19-17(15)20-16)13-5-3-12(4-6-13)11-23(2,18)21/h3-10,18H,11H2,1-2H3. The zero-order valence-corrected chi connectivity index (χ0v) is 13.8. The third-order valence-electron chi connectivity index (χ3n) is 3.49. The lowest BCUT2D eigenvalue weighted by Crippen LogP contribution is -1.98. The van der Waals surface area contributed by atoms with Gasteiger partial charge in [0.15, 0.2) is 5.65 Å². The summed E-state index contributed by atoms with van der Waals surface area (Å²) >= 11 is 0. The third-order valence-corrected chi connectivity index (χ3v) is 4.38. The molecule has 0 radical (unpaired) electrons. The monoisotopic (exact) mass is 327 g/mol. The summed E-state index contributed by atoms with van der Waals surface area (Å²) in [6.45, 7) is 0. The average molecular weight is 327 g/mol. The molecule has 1 N–H and O–H groups in total. The molecule has 0 aliphatic carbocycles. The molecule has 6 heteroatoms. The summed E-state index contributed by atoms with van der Waals surface area (Å²) in [6, 6.07) is 13.5. The van der Waals surface area contributed by atoms with Crippen LogP contribution in [0.1, 0.15) is 5.56 Å². The first-order valence-corrected chi connectivity index (χ1v) is 9.20. The van der Waals surface area contributed by atoms with Crippen LogP contribution in [0.3, 0.4) is 0 Å². The fourth-order valence-electron chi connectivity index (χ4n) is 2.48. The van der Waals surface area contributed by atoms with Gasteiger partial charge in [0.05, 0.1) is 12.9 Å². The van der Waals surface area contributed by atoms with Crippen LogP contribution in [0.15, 0.2) is 48.7 Å². The molecule has 2 aromatic heterocycles. The minimum Gasteiger partial charge on any atom is -0.481 e. The van der Waals surface area contributed by atoms with Crippen LogP contribution >= 0.6 is 0 Å². The Kier molecular flexibility index (Phi) is 4.00. The fraction of sp³-hybridized carbons (Fsp3) is 0.176. The Morgan fingerprint density at radius 1 is 1.13 bits per heavy atom. The summed E-state index contributed by atoms with van der Waals surface area (Å²) in [6.07, 6.45) is 3.18. The van der Waals surface area contributed by atoms with Crippen molar-refractivity contribution in [3.63, 3.8) is 0 Å². The van der Waals surface area contributed by atoms with E-state index in [1.807, 2.05) is 42.5 Å². The quantitative estimate of drug-likeness (QED) is 0.796. The summed E-state index contributed by atoms with van der Waals surface area (Å²) in [5, 5.41) is 0.945. The summed E-state index contributed by atoms with van der Waals surface area (Å²) in [5.74, 6) is 0.800. The van der Waals surface area contributed by atoms with Crippen molar-refractivity contribution in [2.24, 2.45) is 0 Å².